The number of ether oxygens (including phenoxy) is 3. The molecule has 1 saturated carbocycles. The zero-order valence-electron chi connectivity index (χ0n) is 22.9. The van der Waals surface area contributed by atoms with E-state index in [4.69, 9.17) is 37.4 Å². The van der Waals surface area contributed by atoms with Gasteiger partial charge in [-0.2, -0.15) is 8.78 Å². The lowest BCUT2D eigenvalue weighted by atomic mass is 9.95. The van der Waals surface area contributed by atoms with E-state index >= 15 is 0 Å². The predicted octanol–water partition coefficient (Wildman–Crippen LogP) is 8.71. The molecule has 2 unspecified atom stereocenters. The average molecular weight is 593 g/mol. The van der Waals surface area contributed by atoms with Crippen molar-refractivity contribution in [1.29, 1.82) is 0 Å². The number of carbonyl (C=O) groups is 1. The molecule has 0 amide bonds. The summed E-state index contributed by atoms with van der Waals surface area (Å²) in [5.74, 6) is -0.0752. The lowest BCUT2D eigenvalue weighted by Gasteiger charge is -2.25. The van der Waals surface area contributed by atoms with Crippen molar-refractivity contribution in [2.24, 2.45) is 5.92 Å². The highest BCUT2D eigenvalue weighted by Gasteiger charge is 2.35. The SMILES string of the molecule is COc1c(C(Cc2c(Cl)cncc2Cl)OC(=O)C(C)c2ccc(CC(C)C)cc2)ccc(OC(F)F)c1C1CC1. The van der Waals surface area contributed by atoms with Crippen LogP contribution in [0, 0.1) is 5.92 Å². The van der Waals surface area contributed by atoms with E-state index in [0.717, 1.165) is 24.8 Å². The third-order valence-electron chi connectivity index (χ3n) is 7.02. The molecule has 0 bridgehead atoms. The Morgan fingerprint density at radius 2 is 1.65 bits per heavy atom. The second-order valence-corrected chi connectivity index (χ2v) is 11.3. The van der Waals surface area contributed by atoms with Crippen LogP contribution in [-0.4, -0.2) is 24.7 Å². The van der Waals surface area contributed by atoms with Gasteiger partial charge < -0.3 is 14.2 Å². The zero-order chi connectivity index (χ0) is 29.0. The number of benzene rings is 2. The Bertz CT molecular complexity index is 1310. The van der Waals surface area contributed by atoms with Crippen molar-refractivity contribution >= 4 is 29.2 Å². The number of halogens is 4. The average Bonchev–Trinajstić information content (AvgIpc) is 3.74. The van der Waals surface area contributed by atoms with Gasteiger partial charge in [-0.25, -0.2) is 0 Å². The molecule has 2 aromatic carbocycles. The summed E-state index contributed by atoms with van der Waals surface area (Å²) in [5.41, 5.74) is 3.62. The Labute approximate surface area is 243 Å². The second kappa shape index (κ2) is 13.2. The van der Waals surface area contributed by atoms with Crippen molar-refractivity contribution in [3.8, 4) is 11.5 Å². The van der Waals surface area contributed by atoms with E-state index in [9.17, 15) is 13.6 Å². The van der Waals surface area contributed by atoms with Gasteiger partial charge in [-0.3, -0.25) is 9.78 Å². The number of pyridine rings is 1. The number of esters is 1. The summed E-state index contributed by atoms with van der Waals surface area (Å²) in [7, 11) is 1.46. The number of alkyl halides is 2. The maximum absolute atomic E-state index is 13.5. The minimum Gasteiger partial charge on any atom is -0.496 e. The fourth-order valence-corrected chi connectivity index (χ4v) is 5.38. The van der Waals surface area contributed by atoms with E-state index in [0.29, 0.717) is 38.4 Å². The van der Waals surface area contributed by atoms with Crippen LogP contribution in [0.3, 0.4) is 0 Å². The molecule has 1 heterocycles. The van der Waals surface area contributed by atoms with Crippen molar-refractivity contribution in [1.82, 2.24) is 4.98 Å². The van der Waals surface area contributed by atoms with Crippen LogP contribution in [0.25, 0.3) is 0 Å². The van der Waals surface area contributed by atoms with E-state index < -0.39 is 24.6 Å². The number of hydrogen-bond donors (Lipinski definition) is 0. The van der Waals surface area contributed by atoms with Crippen molar-refractivity contribution in [2.45, 2.75) is 71.0 Å². The number of nitrogens with zero attached hydrogens (tertiary/aromatic N) is 1. The standard InChI is InChI=1S/C31H33Cl2F2NO4/c1-17(2)13-19-5-7-20(8-6-19)18(3)30(37)39-27(14-23-24(32)15-36-16-25(23)33)22-11-12-26(40-31(34)35)28(21-9-10-21)29(22)38-4/h5-8,11-12,15-18,21,27,31H,9-10,13-14H2,1-4H3. The second-order valence-electron chi connectivity index (χ2n) is 10.5. The monoisotopic (exact) mass is 591 g/mol. The molecule has 0 saturated heterocycles. The molecule has 0 spiro atoms. The highest BCUT2D eigenvalue weighted by atomic mass is 35.5. The summed E-state index contributed by atoms with van der Waals surface area (Å²) < 4.78 is 43.1. The first kappa shape index (κ1) is 30.1. The van der Waals surface area contributed by atoms with Gasteiger partial charge in [-0.05, 0) is 66.8 Å². The van der Waals surface area contributed by atoms with Crippen LogP contribution in [0.2, 0.25) is 10.0 Å². The number of aromatic nitrogens is 1. The third-order valence-corrected chi connectivity index (χ3v) is 7.67. The van der Waals surface area contributed by atoms with E-state index in [2.05, 4.69) is 18.8 Å². The molecule has 0 radical (unpaired) electrons. The maximum atomic E-state index is 13.5. The van der Waals surface area contributed by atoms with Gasteiger partial charge in [0.15, 0.2) is 0 Å². The number of rotatable bonds is 12. The van der Waals surface area contributed by atoms with Gasteiger partial charge in [0.05, 0.1) is 23.1 Å². The van der Waals surface area contributed by atoms with Gasteiger partial charge in [0.2, 0.25) is 0 Å². The molecular formula is C31H33Cl2F2NO4. The Morgan fingerprint density at radius 1 is 1.00 bits per heavy atom. The van der Waals surface area contributed by atoms with Crippen LogP contribution in [0.15, 0.2) is 48.8 Å². The van der Waals surface area contributed by atoms with Crippen LogP contribution in [-0.2, 0) is 22.4 Å². The lowest BCUT2D eigenvalue weighted by molar-refractivity contribution is -0.151. The minimum absolute atomic E-state index is 0.0105. The van der Waals surface area contributed by atoms with Gasteiger partial charge in [-0.1, -0.05) is 61.3 Å². The van der Waals surface area contributed by atoms with E-state index in [1.807, 2.05) is 24.3 Å². The molecular weight excluding hydrogens is 559 g/mol. The Kier molecular flexibility index (Phi) is 9.90. The number of hydrogen-bond acceptors (Lipinski definition) is 5. The first-order valence-corrected chi connectivity index (χ1v) is 14.1. The largest absolute Gasteiger partial charge is 0.496 e. The number of methoxy groups -OCH3 is 1. The van der Waals surface area contributed by atoms with Crippen LogP contribution < -0.4 is 9.47 Å². The number of carbonyl (C=O) groups excluding carboxylic acids is 1. The molecule has 0 aliphatic heterocycles. The van der Waals surface area contributed by atoms with Gasteiger partial charge in [0, 0.05) is 29.9 Å². The van der Waals surface area contributed by atoms with Crippen molar-refractivity contribution < 1.29 is 27.8 Å². The van der Waals surface area contributed by atoms with Gasteiger partial charge in [-0.15, -0.1) is 0 Å². The highest BCUT2D eigenvalue weighted by molar-refractivity contribution is 6.35. The summed E-state index contributed by atoms with van der Waals surface area (Å²) in [6.07, 6.45) is 4.77. The van der Waals surface area contributed by atoms with Gasteiger partial charge in [0.25, 0.3) is 0 Å². The molecule has 5 nitrogen and oxygen atoms in total. The van der Waals surface area contributed by atoms with Crippen LogP contribution in [0.5, 0.6) is 11.5 Å². The summed E-state index contributed by atoms with van der Waals surface area (Å²) in [4.78, 5) is 17.5. The van der Waals surface area contributed by atoms with E-state index in [1.54, 1.807) is 13.0 Å². The summed E-state index contributed by atoms with van der Waals surface area (Å²) in [6, 6.07) is 11.0. The quantitative estimate of drug-likeness (QED) is 0.197. The van der Waals surface area contributed by atoms with Gasteiger partial charge in [0.1, 0.15) is 17.6 Å². The zero-order valence-corrected chi connectivity index (χ0v) is 24.4. The molecule has 1 fully saturated rings. The van der Waals surface area contributed by atoms with E-state index in [-0.39, 0.29) is 18.1 Å². The van der Waals surface area contributed by atoms with Gasteiger partial charge >= 0.3 is 12.6 Å². The Balaban J connectivity index is 1.70. The Hall–Kier alpha value is -2.90. The molecule has 3 aromatic rings. The molecule has 9 heteroatoms. The highest BCUT2D eigenvalue weighted by Crippen LogP contribution is 2.52. The van der Waals surface area contributed by atoms with Crippen molar-refractivity contribution in [3.05, 3.63) is 86.7 Å². The smallest absolute Gasteiger partial charge is 0.387 e. The summed E-state index contributed by atoms with van der Waals surface area (Å²) in [6.45, 7) is 3.12. The van der Waals surface area contributed by atoms with Crippen LogP contribution >= 0.6 is 23.2 Å². The fourth-order valence-electron chi connectivity index (χ4n) is 4.86. The molecule has 0 N–H and O–H groups in total. The molecule has 214 valence electrons. The van der Waals surface area contributed by atoms with Crippen molar-refractivity contribution in [3.63, 3.8) is 0 Å². The van der Waals surface area contributed by atoms with Crippen LogP contribution in [0.4, 0.5) is 8.78 Å². The molecule has 1 aliphatic carbocycles. The third kappa shape index (κ3) is 7.24. The van der Waals surface area contributed by atoms with E-state index in [1.165, 1.54) is 31.1 Å². The summed E-state index contributed by atoms with van der Waals surface area (Å²) in [5, 5.41) is 0.641. The minimum atomic E-state index is -2.98. The first-order valence-electron chi connectivity index (χ1n) is 13.3. The summed E-state index contributed by atoms with van der Waals surface area (Å²) >= 11 is 12.9. The lowest BCUT2D eigenvalue weighted by Crippen LogP contribution is -2.20. The topological polar surface area (TPSA) is 57.7 Å². The maximum Gasteiger partial charge on any atom is 0.387 e. The molecule has 1 aromatic heterocycles. The molecule has 2 atom stereocenters. The molecule has 1 aliphatic rings. The normalized spacial score (nSPS) is 14.8. The molecule has 4 rings (SSSR count). The van der Waals surface area contributed by atoms with Crippen molar-refractivity contribution in [2.75, 3.05) is 7.11 Å². The van der Waals surface area contributed by atoms with Crippen LogP contribution in [0.1, 0.15) is 79.4 Å². The fraction of sp³-hybridized carbons (Fsp3) is 0.419. The Morgan fingerprint density at radius 3 is 2.20 bits per heavy atom. The first-order chi connectivity index (χ1) is 19.1. The predicted molar refractivity (Wildman–Crippen MR) is 152 cm³/mol. The molecule has 40 heavy (non-hydrogen) atoms.